The highest BCUT2D eigenvalue weighted by molar-refractivity contribution is 7.49. The maximum Gasteiger partial charge on any atom is 0.530 e. The van der Waals surface area contributed by atoms with Crippen LogP contribution in [-0.2, 0) is 43.9 Å². The number of para-hydroxylation sites is 1. The van der Waals surface area contributed by atoms with Crippen molar-refractivity contribution in [1.29, 1.82) is 5.26 Å². The number of aromatic nitrogens is 3. The molecule has 1 aliphatic rings. The number of benzene rings is 2. The van der Waals surface area contributed by atoms with E-state index in [4.69, 9.17) is 77.8 Å². The predicted octanol–water partition coefficient (Wildman–Crippen LogP) is 13.4. The third kappa shape index (κ3) is 17.7. The summed E-state index contributed by atoms with van der Waals surface area (Å²) >= 11 is 18.9. The van der Waals surface area contributed by atoms with Gasteiger partial charge in [-0.2, -0.15) is 10.4 Å². The zero-order valence-corrected chi connectivity index (χ0v) is 41.7. The van der Waals surface area contributed by atoms with Crippen molar-refractivity contribution >= 4 is 54.0 Å². The van der Waals surface area contributed by atoms with Crippen molar-refractivity contribution in [3.05, 3.63) is 87.2 Å². The molecule has 4 aromatic rings. The molecule has 364 valence electrons. The fourth-order valence-corrected chi connectivity index (χ4v) is 9.57. The van der Waals surface area contributed by atoms with Gasteiger partial charge in [-0.15, -0.1) is 0 Å². The normalized spacial score (nSPS) is 17.7. The van der Waals surface area contributed by atoms with Gasteiger partial charge in [-0.05, 0) is 62.2 Å². The van der Waals surface area contributed by atoms with E-state index < -0.39 is 44.6 Å². The molecule has 18 heteroatoms. The Morgan fingerprint density at radius 1 is 0.818 bits per heavy atom. The van der Waals surface area contributed by atoms with Crippen LogP contribution in [0.15, 0.2) is 60.9 Å². The maximum absolute atomic E-state index is 14.7. The number of ether oxygens (including phenoxy) is 5. The van der Waals surface area contributed by atoms with Gasteiger partial charge in [0.2, 0.25) is 0 Å². The van der Waals surface area contributed by atoms with Crippen LogP contribution in [0.25, 0.3) is 5.52 Å². The molecule has 0 saturated carbocycles. The minimum atomic E-state index is -4.57. The lowest BCUT2D eigenvalue weighted by Gasteiger charge is -2.27. The Balaban J connectivity index is 1.18. The Labute approximate surface area is 405 Å². The topological polar surface area (TPSA) is 171 Å². The van der Waals surface area contributed by atoms with Crippen molar-refractivity contribution in [2.45, 2.75) is 160 Å². The van der Waals surface area contributed by atoms with E-state index in [1.165, 1.54) is 95.9 Å². The number of hydrogen-bond acceptors (Lipinski definition) is 13. The summed E-state index contributed by atoms with van der Waals surface area (Å²) in [5, 5.41) is 15.1. The quantitative estimate of drug-likeness (QED) is 0.0272. The molecule has 1 unspecified atom stereocenters. The number of nitrogens with zero attached hydrogens (tertiary/aromatic N) is 4. The van der Waals surface area contributed by atoms with Gasteiger partial charge in [-0.1, -0.05) is 156 Å². The Hall–Kier alpha value is -3.19. The van der Waals surface area contributed by atoms with Crippen LogP contribution in [0.2, 0.25) is 15.1 Å². The van der Waals surface area contributed by atoms with Crippen molar-refractivity contribution in [2.24, 2.45) is 0 Å². The second kappa shape index (κ2) is 28.3. The minimum Gasteiger partial charge on any atom is -0.419 e. The van der Waals surface area contributed by atoms with E-state index in [9.17, 15) is 9.83 Å². The molecule has 14 nitrogen and oxygen atoms in total. The van der Waals surface area contributed by atoms with E-state index in [1.807, 2.05) is 0 Å². The monoisotopic (exact) mass is 993 g/mol. The summed E-state index contributed by atoms with van der Waals surface area (Å²) in [5.41, 5.74) is 7.96. The molecular formula is C48H67Cl3N5O9P. The van der Waals surface area contributed by atoms with E-state index in [0.717, 1.165) is 24.8 Å². The van der Waals surface area contributed by atoms with Crippen LogP contribution in [0.3, 0.4) is 0 Å². The average molecular weight is 995 g/mol. The van der Waals surface area contributed by atoms with Crippen LogP contribution in [0.4, 0.5) is 5.82 Å². The molecule has 5 atom stereocenters. The van der Waals surface area contributed by atoms with Gasteiger partial charge in [-0.25, -0.2) is 14.1 Å². The number of fused-ring (bicyclic) bond motifs is 1. The molecule has 0 aliphatic carbocycles. The Bertz CT molecular complexity index is 2140. The average Bonchev–Trinajstić information content (AvgIpc) is 3.88. The second-order valence-electron chi connectivity index (χ2n) is 17.1. The molecule has 1 fully saturated rings. The number of halogens is 3. The molecule has 3 heterocycles. The van der Waals surface area contributed by atoms with Gasteiger partial charge in [0, 0.05) is 6.61 Å². The highest BCUT2D eigenvalue weighted by Gasteiger charge is 2.49. The first-order valence-electron chi connectivity index (χ1n) is 23.4. The van der Waals surface area contributed by atoms with E-state index in [-0.39, 0.29) is 36.4 Å². The number of phosphoric ester groups is 1. The van der Waals surface area contributed by atoms with Gasteiger partial charge >= 0.3 is 7.82 Å². The first-order valence-corrected chi connectivity index (χ1v) is 26.0. The van der Waals surface area contributed by atoms with Crippen molar-refractivity contribution in [3.63, 3.8) is 0 Å². The Morgan fingerprint density at radius 2 is 1.47 bits per heavy atom. The summed E-state index contributed by atoms with van der Waals surface area (Å²) in [5.74, 6) is -0.822. The van der Waals surface area contributed by atoms with Crippen molar-refractivity contribution in [1.82, 2.24) is 14.6 Å². The summed E-state index contributed by atoms with van der Waals surface area (Å²) in [6.07, 6.45) is 19.8. The van der Waals surface area contributed by atoms with Crippen LogP contribution in [0.1, 0.15) is 141 Å². The molecule has 1 aliphatic heterocycles. The molecule has 66 heavy (non-hydrogen) atoms. The van der Waals surface area contributed by atoms with Crippen molar-refractivity contribution in [2.75, 3.05) is 32.2 Å². The number of hydrogen-bond donors (Lipinski definition) is 1. The van der Waals surface area contributed by atoms with E-state index in [2.05, 4.69) is 17.0 Å². The van der Waals surface area contributed by atoms with Crippen molar-refractivity contribution < 1.29 is 41.8 Å². The summed E-state index contributed by atoms with van der Waals surface area (Å²) in [4.78, 5) is 4.07. The van der Waals surface area contributed by atoms with Crippen LogP contribution in [0, 0.1) is 11.5 Å². The fourth-order valence-electron chi connectivity index (χ4n) is 7.76. The summed E-state index contributed by atoms with van der Waals surface area (Å²) in [7, 11) is -4.57. The van der Waals surface area contributed by atoms with E-state index >= 15 is 0 Å². The van der Waals surface area contributed by atoms with Gasteiger partial charge in [0.1, 0.15) is 42.5 Å². The highest BCUT2D eigenvalue weighted by Crippen LogP contribution is 2.52. The molecule has 2 N–H and O–H groups in total. The molecule has 1 saturated heterocycles. The van der Waals surface area contributed by atoms with E-state index in [1.54, 1.807) is 73.1 Å². The zero-order valence-electron chi connectivity index (χ0n) is 38.6. The number of phosphoric acid groups is 1. The zero-order chi connectivity index (χ0) is 47.2. The largest absolute Gasteiger partial charge is 0.530 e. The lowest BCUT2D eigenvalue weighted by atomic mass is 10.0. The summed E-state index contributed by atoms with van der Waals surface area (Å²) in [6, 6.07) is 15.2. The van der Waals surface area contributed by atoms with E-state index in [0.29, 0.717) is 27.9 Å². The SMILES string of the molecule is CCCCCCCCCCCCCCCCCCOC[C@H](COP(=O)(OC[C@@H](OC#N)[C@H]1OC(C)(C)O[C@H]1c1ccc2c(N)ncnn12)Oc1ccccc1Cl)OCc1ccc(Cl)c(Cl)c1. The molecule has 0 amide bonds. The Kier molecular flexibility index (Phi) is 23.1. The lowest BCUT2D eigenvalue weighted by molar-refractivity contribution is -0.157. The van der Waals surface area contributed by atoms with Gasteiger partial charge in [-0.3, -0.25) is 9.05 Å². The molecule has 2 aromatic carbocycles. The first-order chi connectivity index (χ1) is 31.9. The van der Waals surface area contributed by atoms with Crippen molar-refractivity contribution in [3.8, 4) is 12.0 Å². The molecule has 5 rings (SSSR count). The first kappa shape index (κ1) is 53.8. The predicted molar refractivity (Wildman–Crippen MR) is 258 cm³/mol. The third-order valence-electron chi connectivity index (χ3n) is 11.3. The number of rotatable bonds is 33. The Morgan fingerprint density at radius 3 is 2.12 bits per heavy atom. The smallest absolute Gasteiger partial charge is 0.419 e. The van der Waals surface area contributed by atoms with Gasteiger partial charge < -0.3 is 33.9 Å². The molecule has 0 bridgehead atoms. The van der Waals surface area contributed by atoms with Crippen LogP contribution in [-0.4, -0.2) is 65.1 Å². The summed E-state index contributed by atoms with van der Waals surface area (Å²) in [6.45, 7) is 5.69. The highest BCUT2D eigenvalue weighted by atomic mass is 35.5. The number of nitriles is 1. The lowest BCUT2D eigenvalue weighted by Crippen LogP contribution is -2.37. The molecule has 0 spiro atoms. The molecule has 0 radical (unpaired) electrons. The van der Waals surface area contributed by atoms with Gasteiger partial charge in [0.25, 0.3) is 6.26 Å². The maximum atomic E-state index is 14.7. The standard InChI is InChI=1S/C48H67Cl3N5O9P/c1-4-5-6-7-8-9-10-11-12-13-14-15-16-17-18-21-28-58-31-37(59-30-36-24-25-38(49)40(51)29-36)32-61-66(57,65-43-23-20-19-22-39(43)50)62-33-44(60-34-52)46-45(63-48(2,3)64-46)41-26-27-42-47(53)54-35-55-56(41)42/h19-20,22-27,29,35,37,44-46H,4-18,21,28,30-33H2,1-3H3,(H2,53,54,55)/t37-,44-,45+,46-,66?/m1/s1. The third-order valence-corrected chi connectivity index (χ3v) is 13.7. The number of nitrogens with two attached hydrogens (primary N) is 1. The number of anilines is 1. The van der Waals surface area contributed by atoms with Crippen LogP contribution >= 0.6 is 42.6 Å². The minimum absolute atomic E-state index is 0.0460. The van der Waals surface area contributed by atoms with Crippen LogP contribution in [0.5, 0.6) is 5.75 Å². The second-order valence-corrected chi connectivity index (χ2v) is 19.9. The number of unbranched alkanes of at least 4 members (excludes halogenated alkanes) is 15. The van der Waals surface area contributed by atoms with Gasteiger partial charge in [0.05, 0.1) is 40.6 Å². The molecular weight excluding hydrogens is 928 g/mol. The number of nitrogen functional groups attached to an aromatic ring is 1. The fraction of sp³-hybridized carbons (Fsp3) is 0.604. The van der Waals surface area contributed by atoms with Crippen LogP contribution < -0.4 is 10.3 Å². The van der Waals surface area contributed by atoms with Gasteiger partial charge in [0.15, 0.2) is 17.7 Å². The summed E-state index contributed by atoms with van der Waals surface area (Å²) < 4.78 is 64.7. The molecule has 2 aromatic heterocycles.